The van der Waals surface area contributed by atoms with E-state index in [0.717, 1.165) is 30.0 Å². The molecule has 7 nitrogen and oxygen atoms in total. The van der Waals surface area contributed by atoms with Gasteiger partial charge in [0.15, 0.2) is 29.0 Å². The molecule has 1 heterocycles. The molecule has 3 rings (SSSR count). The van der Waals surface area contributed by atoms with Crippen molar-refractivity contribution < 1.29 is 18.9 Å². The number of fused-ring (bicyclic) bond motifs is 1. The maximum absolute atomic E-state index is 6.34. The van der Waals surface area contributed by atoms with Crippen molar-refractivity contribution in [3.8, 4) is 23.0 Å². The molecule has 0 unspecified atom stereocenters. The van der Waals surface area contributed by atoms with Gasteiger partial charge in [-0.3, -0.25) is 4.99 Å². The number of nitrogens with zero attached hydrogens (tertiary/aromatic N) is 1. The number of ether oxygens (including phenoxy) is 4. The summed E-state index contributed by atoms with van der Waals surface area (Å²) < 4.78 is 21.7. The van der Waals surface area contributed by atoms with Crippen LogP contribution in [-0.2, 0) is 13.0 Å². The lowest BCUT2D eigenvalue weighted by Crippen LogP contribution is -2.37. The van der Waals surface area contributed by atoms with Crippen LogP contribution in [-0.4, -0.2) is 40.1 Å². The number of guanidine groups is 1. The van der Waals surface area contributed by atoms with Crippen molar-refractivity contribution in [3.63, 3.8) is 0 Å². The third-order valence-corrected chi connectivity index (χ3v) is 4.69. The van der Waals surface area contributed by atoms with Crippen LogP contribution < -0.4 is 29.6 Å². The zero-order valence-electron chi connectivity index (χ0n) is 16.9. The Balaban J connectivity index is 1.52. The number of nitrogens with one attached hydrogen (secondary N) is 2. The zero-order valence-corrected chi connectivity index (χ0v) is 17.6. The first-order valence-corrected chi connectivity index (χ1v) is 9.84. The van der Waals surface area contributed by atoms with Crippen LogP contribution in [0.1, 0.15) is 18.1 Å². The van der Waals surface area contributed by atoms with E-state index in [4.69, 9.17) is 30.5 Å². The van der Waals surface area contributed by atoms with Crippen molar-refractivity contribution in [2.45, 2.75) is 19.9 Å². The molecule has 2 aromatic rings. The Labute approximate surface area is 176 Å². The van der Waals surface area contributed by atoms with Crippen molar-refractivity contribution in [2.75, 3.05) is 34.1 Å². The minimum Gasteiger partial charge on any atom is -0.493 e. The summed E-state index contributed by atoms with van der Waals surface area (Å²) in [4.78, 5) is 4.26. The predicted molar refractivity (Wildman–Crippen MR) is 114 cm³/mol. The van der Waals surface area contributed by atoms with Gasteiger partial charge >= 0.3 is 0 Å². The molecular weight excluding hydrogens is 394 g/mol. The maximum atomic E-state index is 6.34. The summed E-state index contributed by atoms with van der Waals surface area (Å²) in [7, 11) is 3.34. The molecule has 156 valence electrons. The van der Waals surface area contributed by atoms with Gasteiger partial charge in [0.05, 0.1) is 18.7 Å². The number of hydrogen-bond donors (Lipinski definition) is 2. The molecule has 1 aliphatic heterocycles. The molecule has 0 radical (unpaired) electrons. The summed E-state index contributed by atoms with van der Waals surface area (Å²) in [6, 6.07) is 9.76. The molecule has 2 N–H and O–H groups in total. The fraction of sp³-hybridized carbons (Fsp3) is 0.381. The van der Waals surface area contributed by atoms with Crippen molar-refractivity contribution >= 4 is 17.6 Å². The van der Waals surface area contributed by atoms with E-state index < -0.39 is 0 Å². The molecule has 0 saturated carbocycles. The van der Waals surface area contributed by atoms with E-state index >= 15 is 0 Å². The van der Waals surface area contributed by atoms with E-state index in [0.29, 0.717) is 35.6 Å². The van der Waals surface area contributed by atoms with Crippen LogP contribution in [0, 0.1) is 0 Å². The van der Waals surface area contributed by atoms with Crippen molar-refractivity contribution in [1.82, 2.24) is 10.6 Å². The standard InChI is InChI=1S/C21H26ClN3O4/c1-4-27-20-16(22)9-15(11-19(20)26-3)12-25-21(23-2)24-8-7-14-5-6-17-18(10-14)29-13-28-17/h5-6,9-11H,4,7-8,12-13H2,1-3H3,(H2,23,24,25). The second kappa shape index (κ2) is 10.1. The molecule has 0 fully saturated rings. The number of hydrogen-bond acceptors (Lipinski definition) is 5. The van der Waals surface area contributed by atoms with Crippen LogP contribution in [0.4, 0.5) is 0 Å². The molecule has 0 aliphatic carbocycles. The Morgan fingerprint density at radius 1 is 1.14 bits per heavy atom. The number of halogens is 1. The highest BCUT2D eigenvalue weighted by Crippen LogP contribution is 2.36. The van der Waals surface area contributed by atoms with Gasteiger partial charge in [0.1, 0.15) is 0 Å². The van der Waals surface area contributed by atoms with E-state index in [1.807, 2.05) is 37.3 Å². The van der Waals surface area contributed by atoms with Gasteiger partial charge in [0.2, 0.25) is 6.79 Å². The van der Waals surface area contributed by atoms with Crippen LogP contribution >= 0.6 is 11.6 Å². The molecular formula is C21H26ClN3O4. The molecule has 29 heavy (non-hydrogen) atoms. The van der Waals surface area contributed by atoms with Crippen LogP contribution in [0.3, 0.4) is 0 Å². The SMILES string of the molecule is CCOc1c(Cl)cc(CNC(=NC)NCCc2ccc3c(c2)OCO3)cc1OC. The van der Waals surface area contributed by atoms with Crippen LogP contribution in [0.2, 0.25) is 5.02 Å². The summed E-state index contributed by atoms with van der Waals surface area (Å²) in [5.74, 6) is 3.47. The topological polar surface area (TPSA) is 73.3 Å². The van der Waals surface area contributed by atoms with Crippen molar-refractivity contribution in [3.05, 3.63) is 46.5 Å². The number of benzene rings is 2. The summed E-state index contributed by atoms with van der Waals surface area (Å²) >= 11 is 6.34. The molecule has 0 aromatic heterocycles. The normalized spacial score (nSPS) is 12.6. The zero-order chi connectivity index (χ0) is 20.6. The lowest BCUT2D eigenvalue weighted by atomic mass is 10.1. The lowest BCUT2D eigenvalue weighted by Gasteiger charge is -2.15. The Morgan fingerprint density at radius 3 is 2.72 bits per heavy atom. The molecule has 8 heteroatoms. The van der Waals surface area contributed by atoms with E-state index in [1.165, 1.54) is 5.56 Å². The fourth-order valence-electron chi connectivity index (χ4n) is 2.99. The average Bonchev–Trinajstić information content (AvgIpc) is 3.20. The van der Waals surface area contributed by atoms with E-state index in [9.17, 15) is 0 Å². The van der Waals surface area contributed by atoms with Gasteiger partial charge in [-0.15, -0.1) is 0 Å². The lowest BCUT2D eigenvalue weighted by molar-refractivity contribution is 0.174. The minimum absolute atomic E-state index is 0.286. The molecule has 0 bridgehead atoms. The summed E-state index contributed by atoms with van der Waals surface area (Å²) in [5, 5.41) is 7.11. The molecule has 0 atom stereocenters. The van der Waals surface area contributed by atoms with Gasteiger partial charge in [-0.2, -0.15) is 0 Å². The Kier molecular flexibility index (Phi) is 7.30. The van der Waals surface area contributed by atoms with Crippen molar-refractivity contribution in [1.29, 1.82) is 0 Å². The van der Waals surface area contributed by atoms with Gasteiger partial charge in [-0.05, 0) is 48.7 Å². The minimum atomic E-state index is 0.286. The highest BCUT2D eigenvalue weighted by Gasteiger charge is 2.14. The van der Waals surface area contributed by atoms with E-state index in [-0.39, 0.29) is 6.79 Å². The van der Waals surface area contributed by atoms with Crippen LogP contribution in [0.15, 0.2) is 35.3 Å². The van der Waals surface area contributed by atoms with E-state index in [2.05, 4.69) is 15.6 Å². The van der Waals surface area contributed by atoms with Crippen LogP contribution in [0.5, 0.6) is 23.0 Å². The van der Waals surface area contributed by atoms with Gasteiger partial charge < -0.3 is 29.6 Å². The predicted octanol–water partition coefficient (Wildman–Crippen LogP) is 3.38. The van der Waals surface area contributed by atoms with Crippen LogP contribution in [0.25, 0.3) is 0 Å². The highest BCUT2D eigenvalue weighted by atomic mass is 35.5. The largest absolute Gasteiger partial charge is 0.493 e. The van der Waals surface area contributed by atoms with Gasteiger partial charge in [0.25, 0.3) is 0 Å². The fourth-order valence-corrected chi connectivity index (χ4v) is 3.28. The summed E-state index contributed by atoms with van der Waals surface area (Å²) in [6.45, 7) is 3.99. The molecule has 2 aromatic carbocycles. The second-order valence-corrected chi connectivity index (χ2v) is 6.74. The Bertz CT molecular complexity index is 873. The number of rotatable bonds is 8. The Morgan fingerprint density at radius 2 is 1.97 bits per heavy atom. The summed E-state index contributed by atoms with van der Waals surface area (Å²) in [5.41, 5.74) is 2.13. The quantitative estimate of drug-likeness (QED) is 0.504. The summed E-state index contributed by atoms with van der Waals surface area (Å²) in [6.07, 6.45) is 0.833. The van der Waals surface area contributed by atoms with Gasteiger partial charge in [-0.25, -0.2) is 0 Å². The van der Waals surface area contributed by atoms with Gasteiger partial charge in [-0.1, -0.05) is 17.7 Å². The third-order valence-electron chi connectivity index (χ3n) is 4.40. The first kappa shape index (κ1) is 20.9. The molecule has 0 spiro atoms. The molecule has 1 aliphatic rings. The highest BCUT2D eigenvalue weighted by molar-refractivity contribution is 6.32. The molecule has 0 amide bonds. The first-order chi connectivity index (χ1) is 14.1. The third kappa shape index (κ3) is 5.38. The Hall–Kier alpha value is -2.80. The van der Waals surface area contributed by atoms with Gasteiger partial charge in [0, 0.05) is 20.1 Å². The number of methoxy groups -OCH3 is 1. The average molecular weight is 420 g/mol. The molecule has 0 saturated heterocycles. The second-order valence-electron chi connectivity index (χ2n) is 6.33. The monoisotopic (exact) mass is 419 g/mol. The smallest absolute Gasteiger partial charge is 0.231 e. The maximum Gasteiger partial charge on any atom is 0.231 e. The van der Waals surface area contributed by atoms with Crippen molar-refractivity contribution in [2.24, 2.45) is 4.99 Å². The van der Waals surface area contributed by atoms with E-state index in [1.54, 1.807) is 14.2 Å². The first-order valence-electron chi connectivity index (χ1n) is 9.46. The number of aliphatic imine (C=N–C) groups is 1.